The number of carboxylic acid groups (broad SMARTS) is 1. The molecule has 2 N–H and O–H groups in total. The second-order valence-corrected chi connectivity index (χ2v) is 5.09. The quantitative estimate of drug-likeness (QED) is 0.823. The average Bonchev–Trinajstić information content (AvgIpc) is 3.15. The third kappa shape index (κ3) is 2.23. The Balaban J connectivity index is 1.85. The van der Waals surface area contributed by atoms with Crippen LogP contribution in [0.3, 0.4) is 0 Å². The van der Waals surface area contributed by atoms with Gasteiger partial charge in [-0.05, 0) is 25.0 Å². The first kappa shape index (κ1) is 12.2. The minimum Gasteiger partial charge on any atom is -0.480 e. The Morgan fingerprint density at radius 2 is 2.16 bits per heavy atom. The Hall–Kier alpha value is -1.82. The van der Waals surface area contributed by atoms with Gasteiger partial charge in [-0.2, -0.15) is 0 Å². The van der Waals surface area contributed by atoms with Crippen LogP contribution in [0, 0.1) is 0 Å². The van der Waals surface area contributed by atoms with Gasteiger partial charge in [0.1, 0.15) is 11.7 Å². The van der Waals surface area contributed by atoms with Crippen molar-refractivity contribution in [2.45, 2.75) is 24.9 Å². The SMILES string of the molecule is O=C(O)C1CNCCN1C(=O)c1cccn1C1CC1. The number of rotatable bonds is 3. The van der Waals surface area contributed by atoms with Crippen LogP contribution in [0.15, 0.2) is 18.3 Å². The smallest absolute Gasteiger partial charge is 0.327 e. The molecule has 2 fully saturated rings. The molecule has 1 amide bonds. The van der Waals surface area contributed by atoms with E-state index in [2.05, 4.69) is 5.32 Å². The van der Waals surface area contributed by atoms with E-state index in [9.17, 15) is 14.7 Å². The van der Waals surface area contributed by atoms with Crippen LogP contribution in [0.2, 0.25) is 0 Å². The van der Waals surface area contributed by atoms with E-state index in [1.54, 1.807) is 6.07 Å². The highest BCUT2D eigenvalue weighted by Crippen LogP contribution is 2.36. The summed E-state index contributed by atoms with van der Waals surface area (Å²) in [5.74, 6) is -1.13. The van der Waals surface area contributed by atoms with Gasteiger partial charge >= 0.3 is 5.97 Å². The number of nitrogens with one attached hydrogen (secondary N) is 1. The van der Waals surface area contributed by atoms with Crippen molar-refractivity contribution in [1.82, 2.24) is 14.8 Å². The number of carboxylic acids is 1. The molecule has 1 aliphatic carbocycles. The lowest BCUT2D eigenvalue weighted by Gasteiger charge is -2.33. The van der Waals surface area contributed by atoms with Crippen molar-refractivity contribution in [1.29, 1.82) is 0 Å². The number of hydrogen-bond donors (Lipinski definition) is 2. The monoisotopic (exact) mass is 263 g/mol. The Labute approximate surface area is 111 Å². The minimum absolute atomic E-state index is 0.175. The average molecular weight is 263 g/mol. The molecule has 3 rings (SSSR count). The van der Waals surface area contributed by atoms with Gasteiger partial charge in [0.2, 0.25) is 0 Å². The lowest BCUT2D eigenvalue weighted by molar-refractivity contribution is -0.142. The molecule has 2 aliphatic rings. The van der Waals surface area contributed by atoms with E-state index in [0.29, 0.717) is 31.4 Å². The molecule has 102 valence electrons. The summed E-state index contributed by atoms with van der Waals surface area (Å²) in [5.41, 5.74) is 0.607. The summed E-state index contributed by atoms with van der Waals surface area (Å²) in [5, 5.41) is 12.2. The second-order valence-electron chi connectivity index (χ2n) is 5.09. The van der Waals surface area contributed by atoms with E-state index in [1.165, 1.54) is 4.90 Å². The largest absolute Gasteiger partial charge is 0.480 e. The normalized spacial score (nSPS) is 23.4. The summed E-state index contributed by atoms with van der Waals surface area (Å²) in [4.78, 5) is 25.2. The summed E-state index contributed by atoms with van der Waals surface area (Å²) in [6.45, 7) is 1.39. The molecule has 1 unspecified atom stereocenters. The molecule has 0 spiro atoms. The molecule has 19 heavy (non-hydrogen) atoms. The predicted molar refractivity (Wildman–Crippen MR) is 68.0 cm³/mol. The van der Waals surface area contributed by atoms with Gasteiger partial charge in [-0.25, -0.2) is 4.79 Å². The van der Waals surface area contributed by atoms with Gasteiger partial charge in [0.25, 0.3) is 5.91 Å². The molecular weight excluding hydrogens is 246 g/mol. The van der Waals surface area contributed by atoms with Crippen LogP contribution in [0.1, 0.15) is 29.4 Å². The maximum absolute atomic E-state index is 12.5. The van der Waals surface area contributed by atoms with Crippen molar-refractivity contribution in [3.8, 4) is 0 Å². The maximum Gasteiger partial charge on any atom is 0.327 e. The van der Waals surface area contributed by atoms with E-state index in [0.717, 1.165) is 12.8 Å². The van der Waals surface area contributed by atoms with E-state index >= 15 is 0 Å². The van der Waals surface area contributed by atoms with Crippen LogP contribution >= 0.6 is 0 Å². The number of carbonyl (C=O) groups is 2. The van der Waals surface area contributed by atoms with Crippen LogP contribution in [0.25, 0.3) is 0 Å². The summed E-state index contributed by atoms with van der Waals surface area (Å²) < 4.78 is 1.98. The fourth-order valence-corrected chi connectivity index (χ4v) is 2.56. The van der Waals surface area contributed by atoms with E-state index in [4.69, 9.17) is 0 Å². The lowest BCUT2D eigenvalue weighted by Crippen LogP contribution is -2.57. The number of piperazine rings is 1. The van der Waals surface area contributed by atoms with Gasteiger partial charge in [0.15, 0.2) is 0 Å². The van der Waals surface area contributed by atoms with Gasteiger partial charge in [0, 0.05) is 31.9 Å². The van der Waals surface area contributed by atoms with Crippen molar-refractivity contribution in [3.05, 3.63) is 24.0 Å². The summed E-state index contributed by atoms with van der Waals surface area (Å²) >= 11 is 0. The Morgan fingerprint density at radius 3 is 2.84 bits per heavy atom. The zero-order valence-corrected chi connectivity index (χ0v) is 10.6. The number of hydrogen-bond acceptors (Lipinski definition) is 3. The second kappa shape index (κ2) is 4.70. The van der Waals surface area contributed by atoms with Gasteiger partial charge < -0.3 is 19.9 Å². The van der Waals surface area contributed by atoms with Gasteiger partial charge in [-0.15, -0.1) is 0 Å². The molecule has 0 radical (unpaired) electrons. The number of aliphatic carboxylic acids is 1. The standard InChI is InChI=1S/C13H17N3O3/c17-12(10-2-1-6-15(10)9-3-4-9)16-7-5-14-8-11(16)13(18)19/h1-2,6,9,11,14H,3-5,7-8H2,(H,18,19). The lowest BCUT2D eigenvalue weighted by atomic mass is 10.1. The molecule has 1 aliphatic heterocycles. The van der Waals surface area contributed by atoms with Crippen molar-refractivity contribution < 1.29 is 14.7 Å². The highest BCUT2D eigenvalue weighted by Gasteiger charge is 2.35. The molecule has 1 saturated carbocycles. The molecule has 1 atom stereocenters. The van der Waals surface area contributed by atoms with E-state index in [-0.39, 0.29) is 5.91 Å². The first-order chi connectivity index (χ1) is 9.18. The molecule has 0 bridgehead atoms. The van der Waals surface area contributed by atoms with E-state index in [1.807, 2.05) is 16.8 Å². The highest BCUT2D eigenvalue weighted by molar-refractivity contribution is 5.95. The number of amides is 1. The highest BCUT2D eigenvalue weighted by atomic mass is 16.4. The fraction of sp³-hybridized carbons (Fsp3) is 0.538. The summed E-state index contributed by atoms with van der Waals surface area (Å²) in [7, 11) is 0. The van der Waals surface area contributed by atoms with Crippen molar-refractivity contribution in [2.24, 2.45) is 0 Å². The molecule has 0 aromatic carbocycles. The van der Waals surface area contributed by atoms with Gasteiger partial charge in [-0.3, -0.25) is 4.79 Å². The third-order valence-corrected chi connectivity index (χ3v) is 3.73. The summed E-state index contributed by atoms with van der Waals surface area (Å²) in [6, 6.07) is 3.27. The van der Waals surface area contributed by atoms with Crippen LogP contribution < -0.4 is 5.32 Å². The molecule has 1 aromatic heterocycles. The zero-order chi connectivity index (χ0) is 13.4. The Bertz CT molecular complexity index is 507. The maximum atomic E-state index is 12.5. The van der Waals surface area contributed by atoms with E-state index < -0.39 is 12.0 Å². The Morgan fingerprint density at radius 1 is 1.37 bits per heavy atom. The molecule has 1 aromatic rings. The zero-order valence-electron chi connectivity index (χ0n) is 10.6. The minimum atomic E-state index is -0.954. The number of nitrogens with zero attached hydrogens (tertiary/aromatic N) is 2. The molecule has 2 heterocycles. The molecular formula is C13H17N3O3. The van der Waals surface area contributed by atoms with Crippen LogP contribution in [-0.4, -0.2) is 52.1 Å². The van der Waals surface area contributed by atoms with Gasteiger partial charge in [-0.1, -0.05) is 0 Å². The van der Waals surface area contributed by atoms with Crippen molar-refractivity contribution in [2.75, 3.05) is 19.6 Å². The van der Waals surface area contributed by atoms with Crippen LogP contribution in [0.4, 0.5) is 0 Å². The first-order valence-electron chi connectivity index (χ1n) is 6.60. The predicted octanol–water partition coefficient (Wildman–Crippen LogP) is 0.322. The summed E-state index contributed by atoms with van der Waals surface area (Å²) in [6.07, 6.45) is 4.10. The van der Waals surface area contributed by atoms with Crippen molar-refractivity contribution >= 4 is 11.9 Å². The molecule has 1 saturated heterocycles. The van der Waals surface area contributed by atoms with Crippen molar-refractivity contribution in [3.63, 3.8) is 0 Å². The first-order valence-corrected chi connectivity index (χ1v) is 6.60. The topological polar surface area (TPSA) is 74.6 Å². The molecule has 6 heteroatoms. The molecule has 6 nitrogen and oxygen atoms in total. The van der Waals surface area contributed by atoms with Crippen LogP contribution in [-0.2, 0) is 4.79 Å². The Kier molecular flexibility index (Phi) is 3.02. The third-order valence-electron chi connectivity index (χ3n) is 3.73. The van der Waals surface area contributed by atoms with Gasteiger partial charge in [0.05, 0.1) is 0 Å². The number of aromatic nitrogens is 1. The fourth-order valence-electron chi connectivity index (χ4n) is 2.56. The van der Waals surface area contributed by atoms with Crippen LogP contribution in [0.5, 0.6) is 0 Å². The number of carbonyl (C=O) groups excluding carboxylic acids is 1.